The number of nitriles is 1. The van der Waals surface area contributed by atoms with Crippen LogP contribution in [0.15, 0.2) is 84.9 Å². The first-order valence-electron chi connectivity index (χ1n) is 12.3. The summed E-state index contributed by atoms with van der Waals surface area (Å²) >= 11 is 0. The van der Waals surface area contributed by atoms with Crippen LogP contribution in [-0.4, -0.2) is 11.7 Å². The summed E-state index contributed by atoms with van der Waals surface area (Å²) < 4.78 is 0. The molecule has 0 aliphatic rings. The van der Waals surface area contributed by atoms with Crippen LogP contribution in [0.2, 0.25) is 0 Å². The monoisotopic (exact) mass is 474 g/mol. The third kappa shape index (κ3) is 5.53. The Labute approximate surface area is 212 Å². The molecule has 0 radical (unpaired) electrons. The molecular formula is C32H30N2O2. The molecule has 1 N–H and O–H groups in total. The maximum atomic E-state index is 13.8. The minimum Gasteiger partial charge on any atom is -0.325 e. The summed E-state index contributed by atoms with van der Waals surface area (Å²) in [6, 6.07) is 29.2. The highest BCUT2D eigenvalue weighted by Crippen LogP contribution is 2.32. The first kappa shape index (κ1) is 24.9. The average Bonchev–Trinajstić information content (AvgIpc) is 2.88. The molecule has 4 aromatic rings. The molecule has 1 amide bonds. The van der Waals surface area contributed by atoms with Crippen LogP contribution in [0.3, 0.4) is 0 Å². The van der Waals surface area contributed by atoms with Crippen LogP contribution in [0.4, 0.5) is 5.69 Å². The summed E-state index contributed by atoms with van der Waals surface area (Å²) in [5.74, 6) is -0.139. The van der Waals surface area contributed by atoms with Crippen LogP contribution in [0.1, 0.15) is 65.7 Å². The Morgan fingerprint density at radius 2 is 1.61 bits per heavy atom. The second-order valence-corrected chi connectivity index (χ2v) is 9.61. The molecule has 1 unspecified atom stereocenters. The molecule has 4 nitrogen and oxygen atoms in total. The number of hydrogen-bond acceptors (Lipinski definition) is 3. The van der Waals surface area contributed by atoms with Crippen molar-refractivity contribution in [3.05, 3.63) is 113 Å². The van der Waals surface area contributed by atoms with Gasteiger partial charge in [0.05, 0.1) is 17.6 Å². The van der Waals surface area contributed by atoms with Gasteiger partial charge in [-0.1, -0.05) is 86.6 Å². The number of nitrogens with zero attached hydrogens (tertiary/aromatic N) is 1. The van der Waals surface area contributed by atoms with Gasteiger partial charge in [-0.25, -0.2) is 0 Å². The van der Waals surface area contributed by atoms with E-state index in [2.05, 4.69) is 43.4 Å². The number of anilines is 1. The fourth-order valence-electron chi connectivity index (χ4n) is 4.76. The molecule has 0 fully saturated rings. The molecule has 180 valence electrons. The fraction of sp³-hybridized carbons (Fsp3) is 0.219. The Morgan fingerprint density at radius 3 is 2.36 bits per heavy atom. The molecule has 0 heterocycles. The van der Waals surface area contributed by atoms with Crippen molar-refractivity contribution in [3.8, 4) is 6.07 Å². The molecule has 0 aliphatic carbocycles. The van der Waals surface area contributed by atoms with Gasteiger partial charge in [-0.05, 0) is 58.9 Å². The molecule has 0 spiro atoms. The standard InChI is InChI=1S/C32H30N2O2/c1-21(2)17-30(29-14-8-11-24-9-4-7-13-28(24)29)32(36)34-31-18-23(20-33)15-16-26(31)19-25-10-5-6-12-27(25)22(3)35/h4-16,18,21,30H,17,19H2,1-3H3,(H,34,36). The van der Waals surface area contributed by atoms with E-state index in [1.54, 1.807) is 19.1 Å². The van der Waals surface area contributed by atoms with Crippen molar-refractivity contribution in [2.24, 2.45) is 5.92 Å². The molecule has 0 aliphatic heterocycles. The number of amides is 1. The molecule has 4 heteroatoms. The van der Waals surface area contributed by atoms with Crippen LogP contribution in [0, 0.1) is 17.2 Å². The second kappa shape index (κ2) is 11.0. The maximum Gasteiger partial charge on any atom is 0.231 e. The topological polar surface area (TPSA) is 70.0 Å². The lowest BCUT2D eigenvalue weighted by Gasteiger charge is -2.22. The van der Waals surface area contributed by atoms with Gasteiger partial charge < -0.3 is 5.32 Å². The quantitative estimate of drug-likeness (QED) is 0.273. The number of ketones is 1. The Hall–Kier alpha value is -4.23. The van der Waals surface area contributed by atoms with Crippen LogP contribution in [-0.2, 0) is 11.2 Å². The highest BCUT2D eigenvalue weighted by molar-refractivity contribution is 6.00. The second-order valence-electron chi connectivity index (χ2n) is 9.61. The molecule has 0 saturated carbocycles. The predicted molar refractivity (Wildman–Crippen MR) is 145 cm³/mol. The lowest BCUT2D eigenvalue weighted by molar-refractivity contribution is -0.117. The summed E-state index contributed by atoms with van der Waals surface area (Å²) in [5.41, 5.74) is 4.48. The van der Waals surface area contributed by atoms with Crippen LogP contribution >= 0.6 is 0 Å². The number of fused-ring (bicyclic) bond motifs is 1. The van der Waals surface area contributed by atoms with Crippen LogP contribution in [0.25, 0.3) is 10.8 Å². The van der Waals surface area contributed by atoms with E-state index in [1.807, 2.05) is 54.6 Å². The molecule has 1 atom stereocenters. The summed E-state index contributed by atoms with van der Waals surface area (Å²) in [4.78, 5) is 26.0. The number of benzene rings is 4. The number of carbonyl (C=O) groups is 2. The molecule has 0 bridgehead atoms. The fourth-order valence-corrected chi connectivity index (χ4v) is 4.76. The van der Waals surface area contributed by atoms with Crippen molar-refractivity contribution >= 4 is 28.2 Å². The van der Waals surface area contributed by atoms with Crippen LogP contribution in [0.5, 0.6) is 0 Å². The van der Waals surface area contributed by atoms with E-state index in [-0.39, 0.29) is 17.6 Å². The molecule has 4 aromatic carbocycles. The normalized spacial score (nSPS) is 11.8. The van der Waals surface area contributed by atoms with Crippen molar-refractivity contribution in [1.82, 2.24) is 0 Å². The molecule has 4 rings (SSSR count). The van der Waals surface area contributed by atoms with E-state index < -0.39 is 0 Å². The van der Waals surface area contributed by atoms with Gasteiger partial charge in [-0.3, -0.25) is 9.59 Å². The summed E-state index contributed by atoms with van der Waals surface area (Å²) in [6.45, 7) is 5.79. The van der Waals surface area contributed by atoms with Gasteiger partial charge in [0.2, 0.25) is 5.91 Å². The maximum absolute atomic E-state index is 13.8. The summed E-state index contributed by atoms with van der Waals surface area (Å²) in [6.07, 6.45) is 1.17. The summed E-state index contributed by atoms with van der Waals surface area (Å²) in [5, 5.41) is 14.8. The van der Waals surface area contributed by atoms with E-state index in [4.69, 9.17) is 0 Å². The molecule has 0 aromatic heterocycles. The Balaban J connectivity index is 1.73. The number of Topliss-reactive ketones (excluding diaryl/α,β-unsaturated/α-hetero) is 1. The molecular weight excluding hydrogens is 444 g/mol. The van der Waals surface area contributed by atoms with Gasteiger partial charge in [0, 0.05) is 17.7 Å². The lowest BCUT2D eigenvalue weighted by atomic mass is 9.86. The zero-order valence-electron chi connectivity index (χ0n) is 20.9. The minimum atomic E-state index is -0.348. The van der Waals surface area contributed by atoms with E-state index in [0.717, 1.165) is 27.5 Å². The van der Waals surface area contributed by atoms with E-state index in [9.17, 15) is 14.9 Å². The Morgan fingerprint density at radius 1 is 0.889 bits per heavy atom. The average molecular weight is 475 g/mol. The van der Waals surface area contributed by atoms with Crippen molar-refractivity contribution in [2.75, 3.05) is 5.32 Å². The zero-order valence-corrected chi connectivity index (χ0v) is 20.9. The van der Waals surface area contributed by atoms with Crippen LogP contribution < -0.4 is 5.32 Å². The first-order chi connectivity index (χ1) is 17.4. The SMILES string of the molecule is CC(=O)c1ccccc1Cc1ccc(C#N)cc1NC(=O)C(CC(C)C)c1cccc2ccccc12. The number of rotatable bonds is 8. The van der Waals surface area contributed by atoms with Crippen molar-refractivity contribution in [2.45, 2.75) is 39.5 Å². The largest absolute Gasteiger partial charge is 0.325 e. The molecule has 0 saturated heterocycles. The summed E-state index contributed by atoms with van der Waals surface area (Å²) in [7, 11) is 0. The number of carbonyl (C=O) groups excluding carboxylic acids is 2. The highest BCUT2D eigenvalue weighted by Gasteiger charge is 2.25. The number of nitrogens with one attached hydrogen (secondary N) is 1. The zero-order chi connectivity index (χ0) is 25.7. The third-order valence-corrected chi connectivity index (χ3v) is 6.50. The van der Waals surface area contributed by atoms with E-state index in [0.29, 0.717) is 35.6 Å². The van der Waals surface area contributed by atoms with Gasteiger partial charge in [-0.15, -0.1) is 0 Å². The Bertz CT molecular complexity index is 1460. The van der Waals surface area contributed by atoms with Crippen molar-refractivity contribution in [3.63, 3.8) is 0 Å². The lowest BCUT2D eigenvalue weighted by Crippen LogP contribution is -2.23. The van der Waals surface area contributed by atoms with Crippen molar-refractivity contribution in [1.29, 1.82) is 5.26 Å². The van der Waals surface area contributed by atoms with Gasteiger partial charge in [0.25, 0.3) is 0 Å². The third-order valence-electron chi connectivity index (χ3n) is 6.50. The van der Waals surface area contributed by atoms with E-state index in [1.165, 1.54) is 0 Å². The molecule has 36 heavy (non-hydrogen) atoms. The Kier molecular flexibility index (Phi) is 7.61. The van der Waals surface area contributed by atoms with Crippen molar-refractivity contribution < 1.29 is 9.59 Å². The minimum absolute atomic E-state index is 0.00205. The van der Waals surface area contributed by atoms with E-state index >= 15 is 0 Å². The smallest absolute Gasteiger partial charge is 0.231 e. The number of hydrogen-bond donors (Lipinski definition) is 1. The van der Waals surface area contributed by atoms with Gasteiger partial charge in [-0.2, -0.15) is 5.26 Å². The van der Waals surface area contributed by atoms with Gasteiger partial charge in [0.15, 0.2) is 5.78 Å². The van der Waals surface area contributed by atoms with Gasteiger partial charge in [0.1, 0.15) is 0 Å². The predicted octanol–water partition coefficient (Wildman–Crippen LogP) is 7.27. The van der Waals surface area contributed by atoms with Gasteiger partial charge >= 0.3 is 0 Å². The first-order valence-corrected chi connectivity index (χ1v) is 12.3. The highest BCUT2D eigenvalue weighted by atomic mass is 16.2.